The smallest absolute Gasteiger partial charge is 0.0433 e. The number of pyridine rings is 1. The summed E-state index contributed by atoms with van der Waals surface area (Å²) >= 11 is 0. The van der Waals surface area contributed by atoms with Crippen LogP contribution in [0.3, 0.4) is 0 Å². The molecule has 0 fully saturated rings. The number of hydrogen-bond donors (Lipinski definition) is 0. The summed E-state index contributed by atoms with van der Waals surface area (Å²) in [5.41, 5.74) is 9.06. The lowest BCUT2D eigenvalue weighted by molar-refractivity contribution is 0.741. The molecular formula is C8H10N4. The van der Waals surface area contributed by atoms with Gasteiger partial charge in [0.05, 0.1) is 0 Å². The third-order valence-electron chi connectivity index (χ3n) is 1.61. The summed E-state index contributed by atoms with van der Waals surface area (Å²) in [6, 6.07) is 5.72. The molecule has 62 valence electrons. The fraction of sp³-hybridized carbons (Fsp3) is 0.375. The summed E-state index contributed by atoms with van der Waals surface area (Å²) in [6.45, 7) is 2.45. The molecule has 1 aromatic heterocycles. The third kappa shape index (κ3) is 2.25. The Labute approximate surface area is 70.9 Å². The van der Waals surface area contributed by atoms with Crippen molar-refractivity contribution in [1.82, 2.24) is 4.98 Å². The van der Waals surface area contributed by atoms with Gasteiger partial charge in [0, 0.05) is 29.3 Å². The summed E-state index contributed by atoms with van der Waals surface area (Å²) in [4.78, 5) is 6.85. The first-order valence-corrected chi connectivity index (χ1v) is 3.76. The van der Waals surface area contributed by atoms with Gasteiger partial charge in [-0.1, -0.05) is 18.1 Å². The molecule has 0 aromatic carbocycles. The molecule has 0 bridgehead atoms. The first kappa shape index (κ1) is 8.56. The van der Waals surface area contributed by atoms with E-state index in [1.807, 2.05) is 25.1 Å². The van der Waals surface area contributed by atoms with Crippen molar-refractivity contribution >= 4 is 0 Å². The van der Waals surface area contributed by atoms with Crippen LogP contribution >= 0.6 is 0 Å². The summed E-state index contributed by atoms with van der Waals surface area (Å²) in [7, 11) is 0. The highest BCUT2D eigenvalue weighted by atomic mass is 15.1. The fourth-order valence-electron chi connectivity index (χ4n) is 0.920. The number of hydrogen-bond acceptors (Lipinski definition) is 2. The van der Waals surface area contributed by atoms with Crippen molar-refractivity contribution in [2.45, 2.75) is 12.8 Å². The molecule has 1 heterocycles. The van der Waals surface area contributed by atoms with Gasteiger partial charge in [-0.2, -0.15) is 0 Å². The van der Waals surface area contributed by atoms with Crippen molar-refractivity contribution in [2.75, 3.05) is 6.54 Å². The summed E-state index contributed by atoms with van der Waals surface area (Å²) < 4.78 is 0. The molecule has 0 unspecified atom stereocenters. The molecule has 12 heavy (non-hydrogen) atoms. The topological polar surface area (TPSA) is 61.7 Å². The van der Waals surface area contributed by atoms with Crippen LogP contribution in [0.15, 0.2) is 29.5 Å². The van der Waals surface area contributed by atoms with E-state index in [1.54, 1.807) is 6.20 Å². The lowest BCUT2D eigenvalue weighted by Crippen LogP contribution is -1.98. The second kappa shape index (κ2) is 4.36. The van der Waals surface area contributed by atoms with E-state index in [-0.39, 0.29) is 5.92 Å². The van der Waals surface area contributed by atoms with E-state index in [9.17, 15) is 0 Å². The van der Waals surface area contributed by atoms with Crippen LogP contribution in [-0.4, -0.2) is 11.5 Å². The molecule has 0 saturated carbocycles. The fourth-order valence-corrected chi connectivity index (χ4v) is 0.920. The van der Waals surface area contributed by atoms with Crippen LogP contribution in [0.4, 0.5) is 0 Å². The molecule has 1 aromatic rings. The molecule has 0 saturated heterocycles. The molecule has 4 nitrogen and oxygen atoms in total. The Hall–Kier alpha value is -1.54. The maximum Gasteiger partial charge on any atom is 0.0433 e. The number of aromatic nitrogens is 1. The quantitative estimate of drug-likeness (QED) is 0.382. The Kier molecular flexibility index (Phi) is 3.11. The normalized spacial score (nSPS) is 11.8. The SMILES string of the molecule is C[C@H](CN=[N+]=[N-])c1ccccn1. The third-order valence-corrected chi connectivity index (χ3v) is 1.61. The van der Waals surface area contributed by atoms with E-state index in [2.05, 4.69) is 15.0 Å². The average Bonchev–Trinajstić information content (AvgIpc) is 2.15. The second-order valence-corrected chi connectivity index (χ2v) is 2.57. The van der Waals surface area contributed by atoms with Gasteiger partial charge in [0.25, 0.3) is 0 Å². The first-order valence-electron chi connectivity index (χ1n) is 3.76. The minimum atomic E-state index is 0.196. The Balaban J connectivity index is 2.65. The summed E-state index contributed by atoms with van der Waals surface area (Å²) in [5, 5.41) is 3.49. The molecule has 0 aliphatic rings. The van der Waals surface area contributed by atoms with Gasteiger partial charge in [0.2, 0.25) is 0 Å². The predicted octanol–water partition coefficient (Wildman–Crippen LogP) is 2.50. The highest BCUT2D eigenvalue weighted by Gasteiger charge is 2.03. The molecule has 0 aliphatic heterocycles. The molecule has 0 amide bonds. The van der Waals surface area contributed by atoms with Crippen molar-refractivity contribution < 1.29 is 0 Å². The van der Waals surface area contributed by atoms with Crippen molar-refractivity contribution in [2.24, 2.45) is 5.11 Å². The zero-order valence-electron chi connectivity index (χ0n) is 6.88. The van der Waals surface area contributed by atoms with Crippen molar-refractivity contribution in [3.05, 3.63) is 40.5 Å². The number of nitrogens with zero attached hydrogens (tertiary/aromatic N) is 4. The van der Waals surface area contributed by atoms with E-state index in [0.29, 0.717) is 6.54 Å². The van der Waals surface area contributed by atoms with Crippen LogP contribution in [0.1, 0.15) is 18.5 Å². The van der Waals surface area contributed by atoms with Gasteiger partial charge in [-0.3, -0.25) is 4.98 Å². The van der Waals surface area contributed by atoms with E-state index < -0.39 is 0 Å². The van der Waals surface area contributed by atoms with Crippen LogP contribution in [0.5, 0.6) is 0 Å². The van der Waals surface area contributed by atoms with Gasteiger partial charge in [-0.05, 0) is 17.7 Å². The lowest BCUT2D eigenvalue weighted by atomic mass is 10.1. The van der Waals surface area contributed by atoms with Gasteiger partial charge >= 0.3 is 0 Å². The van der Waals surface area contributed by atoms with Crippen molar-refractivity contribution in [1.29, 1.82) is 0 Å². The van der Waals surface area contributed by atoms with Gasteiger partial charge in [0.1, 0.15) is 0 Å². The molecule has 4 heteroatoms. The highest BCUT2D eigenvalue weighted by Crippen LogP contribution is 2.11. The summed E-state index contributed by atoms with van der Waals surface area (Å²) in [5.74, 6) is 0.196. The van der Waals surface area contributed by atoms with Crippen LogP contribution in [0, 0.1) is 0 Å². The number of rotatable bonds is 3. The van der Waals surface area contributed by atoms with E-state index >= 15 is 0 Å². The lowest BCUT2D eigenvalue weighted by Gasteiger charge is -2.05. The maximum absolute atomic E-state index is 8.10. The van der Waals surface area contributed by atoms with Crippen LogP contribution in [-0.2, 0) is 0 Å². The minimum Gasteiger partial charge on any atom is -0.261 e. The molecule has 1 atom stereocenters. The van der Waals surface area contributed by atoms with E-state index in [1.165, 1.54) is 0 Å². The zero-order chi connectivity index (χ0) is 8.81. The standard InChI is InChI=1S/C8H10N4/c1-7(6-11-12-9)8-4-2-3-5-10-8/h2-5,7H,6H2,1H3/t7-/m1/s1. The largest absolute Gasteiger partial charge is 0.261 e. The van der Waals surface area contributed by atoms with Gasteiger partial charge in [0.15, 0.2) is 0 Å². The van der Waals surface area contributed by atoms with Gasteiger partial charge in [-0.15, -0.1) is 0 Å². The molecule has 1 rings (SSSR count). The molecule has 0 N–H and O–H groups in total. The molecular weight excluding hydrogens is 152 g/mol. The Morgan fingerprint density at radius 3 is 3.08 bits per heavy atom. The Morgan fingerprint density at radius 2 is 2.50 bits per heavy atom. The Morgan fingerprint density at radius 1 is 1.67 bits per heavy atom. The first-order chi connectivity index (χ1) is 5.84. The van der Waals surface area contributed by atoms with Crippen LogP contribution in [0.25, 0.3) is 10.4 Å². The maximum atomic E-state index is 8.10. The van der Waals surface area contributed by atoms with Gasteiger partial charge in [-0.25, -0.2) is 0 Å². The Bertz CT molecular complexity index is 276. The monoisotopic (exact) mass is 162 g/mol. The second-order valence-electron chi connectivity index (χ2n) is 2.57. The summed E-state index contributed by atoms with van der Waals surface area (Å²) in [6.07, 6.45) is 1.74. The predicted molar refractivity (Wildman–Crippen MR) is 46.7 cm³/mol. The van der Waals surface area contributed by atoms with E-state index in [4.69, 9.17) is 5.53 Å². The minimum absolute atomic E-state index is 0.196. The molecule has 0 radical (unpaired) electrons. The molecule has 0 spiro atoms. The average molecular weight is 162 g/mol. The van der Waals surface area contributed by atoms with Crippen molar-refractivity contribution in [3.63, 3.8) is 0 Å². The van der Waals surface area contributed by atoms with E-state index in [0.717, 1.165) is 5.69 Å². The highest BCUT2D eigenvalue weighted by molar-refractivity contribution is 5.08. The zero-order valence-corrected chi connectivity index (χ0v) is 6.88. The van der Waals surface area contributed by atoms with Crippen LogP contribution in [0.2, 0.25) is 0 Å². The molecule has 0 aliphatic carbocycles. The van der Waals surface area contributed by atoms with Gasteiger partial charge < -0.3 is 0 Å². The van der Waals surface area contributed by atoms with Crippen molar-refractivity contribution in [3.8, 4) is 0 Å². The van der Waals surface area contributed by atoms with Crippen LogP contribution < -0.4 is 0 Å². The number of azide groups is 1.